The Morgan fingerprint density at radius 3 is 2.53 bits per heavy atom. The van der Waals surface area contributed by atoms with E-state index in [4.69, 9.17) is 9.47 Å². The van der Waals surface area contributed by atoms with Crippen LogP contribution in [-0.2, 0) is 26.0 Å². The van der Waals surface area contributed by atoms with Crippen molar-refractivity contribution in [3.8, 4) is 5.75 Å². The predicted octanol–water partition coefficient (Wildman–Crippen LogP) is 2.27. The zero-order valence-electron chi connectivity index (χ0n) is 17.0. The van der Waals surface area contributed by atoms with Crippen molar-refractivity contribution in [2.45, 2.75) is 43.2 Å². The molecule has 2 N–H and O–H groups in total. The van der Waals surface area contributed by atoms with Crippen LogP contribution in [0.15, 0.2) is 59.5 Å². The molecule has 3 rings (SSSR count). The van der Waals surface area contributed by atoms with Gasteiger partial charge in [0.25, 0.3) is 0 Å². The molecule has 8 heteroatoms. The molecule has 1 amide bonds. The molecule has 0 saturated carbocycles. The second kappa shape index (κ2) is 10.6. The van der Waals surface area contributed by atoms with Crippen molar-refractivity contribution in [3.05, 3.63) is 60.2 Å². The lowest BCUT2D eigenvalue weighted by molar-refractivity contribution is -0.123. The number of carbonyl (C=O) groups is 1. The number of nitrogens with one attached hydrogen (secondary N) is 2. The van der Waals surface area contributed by atoms with Gasteiger partial charge in [-0.05, 0) is 56.0 Å². The normalized spacial score (nSPS) is 17.4. The summed E-state index contributed by atoms with van der Waals surface area (Å²) in [4.78, 5) is 12.9. The van der Waals surface area contributed by atoms with E-state index in [2.05, 4.69) is 10.0 Å². The molecular weight excluding hydrogens is 404 g/mol. The van der Waals surface area contributed by atoms with E-state index in [0.717, 1.165) is 18.4 Å². The molecule has 2 atom stereocenters. The molecule has 0 bridgehead atoms. The van der Waals surface area contributed by atoms with Gasteiger partial charge in [0.15, 0.2) is 0 Å². The summed E-state index contributed by atoms with van der Waals surface area (Å²) in [7, 11) is -3.89. The van der Waals surface area contributed by atoms with Gasteiger partial charge >= 0.3 is 0 Å². The fraction of sp³-hybridized carbons (Fsp3) is 0.409. The fourth-order valence-corrected chi connectivity index (χ4v) is 4.51. The average Bonchev–Trinajstić information content (AvgIpc) is 3.26. The Bertz CT molecular complexity index is 910. The number of carbonyl (C=O) groups excluding carboxylic acids is 1. The molecule has 2 aromatic rings. The van der Waals surface area contributed by atoms with Gasteiger partial charge in [-0.3, -0.25) is 4.79 Å². The Kier molecular flexibility index (Phi) is 7.84. The lowest BCUT2D eigenvalue weighted by Crippen LogP contribution is -2.49. The van der Waals surface area contributed by atoms with Gasteiger partial charge in [-0.1, -0.05) is 30.3 Å². The summed E-state index contributed by atoms with van der Waals surface area (Å²) in [6, 6.07) is 14.5. The van der Waals surface area contributed by atoms with E-state index >= 15 is 0 Å². The van der Waals surface area contributed by atoms with Gasteiger partial charge < -0.3 is 14.8 Å². The van der Waals surface area contributed by atoms with Gasteiger partial charge in [-0.25, -0.2) is 8.42 Å². The molecule has 1 aliphatic heterocycles. The minimum absolute atomic E-state index is 0.0194. The highest BCUT2D eigenvalue weighted by molar-refractivity contribution is 7.89. The zero-order chi connectivity index (χ0) is 21.4. The van der Waals surface area contributed by atoms with Crippen LogP contribution in [0, 0.1) is 0 Å². The van der Waals surface area contributed by atoms with Crippen molar-refractivity contribution < 1.29 is 22.7 Å². The van der Waals surface area contributed by atoms with E-state index in [9.17, 15) is 13.2 Å². The highest BCUT2D eigenvalue weighted by atomic mass is 32.2. The van der Waals surface area contributed by atoms with E-state index in [-0.39, 0.29) is 23.3 Å². The van der Waals surface area contributed by atoms with E-state index in [1.807, 2.05) is 37.3 Å². The van der Waals surface area contributed by atoms with Crippen LogP contribution in [0.4, 0.5) is 0 Å². The van der Waals surface area contributed by atoms with Crippen molar-refractivity contribution in [1.82, 2.24) is 10.0 Å². The van der Waals surface area contributed by atoms with Crippen LogP contribution in [0.25, 0.3) is 0 Å². The van der Waals surface area contributed by atoms with Crippen molar-refractivity contribution in [1.29, 1.82) is 0 Å². The summed E-state index contributed by atoms with van der Waals surface area (Å²) in [6.45, 7) is 3.41. The Morgan fingerprint density at radius 1 is 1.17 bits per heavy atom. The van der Waals surface area contributed by atoms with Crippen LogP contribution in [-0.4, -0.2) is 46.2 Å². The van der Waals surface area contributed by atoms with Gasteiger partial charge in [0.1, 0.15) is 11.8 Å². The second-order valence-corrected chi connectivity index (χ2v) is 8.86. The van der Waals surface area contributed by atoms with Crippen molar-refractivity contribution in [2.75, 3.05) is 19.8 Å². The first-order valence-corrected chi connectivity index (χ1v) is 11.6. The first kappa shape index (κ1) is 22.3. The molecule has 0 aliphatic carbocycles. The first-order valence-electron chi connectivity index (χ1n) is 10.2. The summed E-state index contributed by atoms with van der Waals surface area (Å²) in [5.74, 6) is 0.218. The molecule has 0 radical (unpaired) electrons. The Hall–Kier alpha value is -2.42. The van der Waals surface area contributed by atoms with E-state index in [1.54, 1.807) is 12.1 Å². The Balaban J connectivity index is 1.73. The van der Waals surface area contributed by atoms with Crippen LogP contribution in [0.5, 0.6) is 5.75 Å². The van der Waals surface area contributed by atoms with Crippen LogP contribution < -0.4 is 14.8 Å². The smallest absolute Gasteiger partial charge is 0.241 e. The molecule has 2 aromatic carbocycles. The maximum atomic E-state index is 12.9. The van der Waals surface area contributed by atoms with Crippen LogP contribution in [0.3, 0.4) is 0 Å². The highest BCUT2D eigenvalue weighted by Crippen LogP contribution is 2.17. The monoisotopic (exact) mass is 432 g/mol. The summed E-state index contributed by atoms with van der Waals surface area (Å²) < 4.78 is 39.3. The fourth-order valence-electron chi connectivity index (χ4n) is 3.32. The zero-order valence-corrected chi connectivity index (χ0v) is 17.9. The summed E-state index contributed by atoms with van der Waals surface area (Å²) >= 11 is 0. The van der Waals surface area contributed by atoms with Gasteiger partial charge in [0, 0.05) is 13.2 Å². The molecule has 0 spiro atoms. The standard InChI is InChI=1S/C22H28N2O5S/c1-2-28-18-10-12-20(13-11-18)30(26,27)24-21(15-17-7-4-3-5-8-17)22(25)23-16-19-9-6-14-29-19/h3-5,7-8,10-13,19,21,24H,2,6,9,14-16H2,1H3,(H,23,25)/t19-,21+/m0/s1. The molecular formula is C22H28N2O5S. The van der Waals surface area contributed by atoms with Crippen molar-refractivity contribution in [3.63, 3.8) is 0 Å². The summed E-state index contributed by atoms with van der Waals surface area (Å²) in [5.41, 5.74) is 0.865. The molecule has 30 heavy (non-hydrogen) atoms. The van der Waals surface area contributed by atoms with Gasteiger partial charge in [0.05, 0.1) is 17.6 Å². The number of sulfonamides is 1. The lowest BCUT2D eigenvalue weighted by Gasteiger charge is -2.20. The van der Waals surface area contributed by atoms with Gasteiger partial charge in [-0.2, -0.15) is 4.72 Å². The predicted molar refractivity (Wildman–Crippen MR) is 114 cm³/mol. The largest absolute Gasteiger partial charge is 0.494 e. The number of hydrogen-bond acceptors (Lipinski definition) is 5. The summed E-state index contributed by atoms with van der Waals surface area (Å²) in [5, 5.41) is 2.83. The third-order valence-corrected chi connectivity index (χ3v) is 6.36. The average molecular weight is 433 g/mol. The number of ether oxygens (including phenoxy) is 2. The van der Waals surface area contributed by atoms with Gasteiger partial charge in [-0.15, -0.1) is 0 Å². The summed E-state index contributed by atoms with van der Waals surface area (Å²) in [6.07, 6.45) is 2.09. The Labute approximate surface area is 177 Å². The minimum atomic E-state index is -3.89. The third kappa shape index (κ3) is 6.29. The van der Waals surface area contributed by atoms with Crippen LogP contribution in [0.2, 0.25) is 0 Å². The SMILES string of the molecule is CCOc1ccc(S(=O)(=O)N[C@H](Cc2ccccc2)C(=O)NC[C@@H]2CCCO2)cc1. The quantitative estimate of drug-likeness (QED) is 0.601. The van der Waals surface area contributed by atoms with E-state index in [0.29, 0.717) is 25.5 Å². The Morgan fingerprint density at radius 2 is 1.90 bits per heavy atom. The number of hydrogen-bond donors (Lipinski definition) is 2. The maximum absolute atomic E-state index is 12.9. The van der Waals surface area contributed by atoms with Crippen LogP contribution in [0.1, 0.15) is 25.3 Å². The number of rotatable bonds is 10. The van der Waals surface area contributed by atoms with Crippen molar-refractivity contribution in [2.24, 2.45) is 0 Å². The molecule has 1 fully saturated rings. The molecule has 0 unspecified atom stereocenters. The molecule has 162 valence electrons. The number of benzene rings is 2. The maximum Gasteiger partial charge on any atom is 0.241 e. The van der Waals surface area contributed by atoms with E-state index in [1.165, 1.54) is 12.1 Å². The van der Waals surface area contributed by atoms with E-state index < -0.39 is 16.1 Å². The van der Waals surface area contributed by atoms with Gasteiger partial charge in [0.2, 0.25) is 15.9 Å². The third-order valence-electron chi connectivity index (χ3n) is 4.87. The molecule has 1 saturated heterocycles. The molecule has 1 heterocycles. The molecule has 7 nitrogen and oxygen atoms in total. The number of amides is 1. The molecule has 0 aromatic heterocycles. The topological polar surface area (TPSA) is 93.7 Å². The highest BCUT2D eigenvalue weighted by Gasteiger charge is 2.27. The van der Waals surface area contributed by atoms with Crippen LogP contribution >= 0.6 is 0 Å². The lowest BCUT2D eigenvalue weighted by atomic mass is 10.1. The second-order valence-electron chi connectivity index (χ2n) is 7.15. The minimum Gasteiger partial charge on any atom is -0.494 e. The molecule has 1 aliphatic rings. The first-order chi connectivity index (χ1) is 14.5. The van der Waals surface area contributed by atoms with Crippen molar-refractivity contribution >= 4 is 15.9 Å².